The number of phenols is 1. The molecule has 0 saturated carbocycles. The van der Waals surface area contributed by atoms with Gasteiger partial charge in [0, 0.05) is 22.4 Å². The smallest absolute Gasteiger partial charge is 0.143 e. The lowest BCUT2D eigenvalue weighted by Crippen LogP contribution is -3.06. The Morgan fingerprint density at radius 1 is 1.25 bits per heavy atom. The number of halogens is 2. The van der Waals surface area contributed by atoms with E-state index in [1.807, 2.05) is 18.2 Å². The minimum Gasteiger partial charge on any atom is -0.506 e. The average molecular weight is 368 g/mol. The summed E-state index contributed by atoms with van der Waals surface area (Å²) in [4.78, 5) is 5.72. The molecule has 1 atom stereocenters. The van der Waals surface area contributed by atoms with Gasteiger partial charge < -0.3 is 14.7 Å². The second-order valence-electron chi connectivity index (χ2n) is 5.73. The highest BCUT2D eigenvalue weighted by Gasteiger charge is 2.17. The van der Waals surface area contributed by atoms with Crippen molar-refractivity contribution >= 4 is 29.4 Å². The van der Waals surface area contributed by atoms with Crippen LogP contribution in [0.4, 0.5) is 0 Å². The molecule has 6 heteroatoms. The molecule has 0 aliphatic rings. The first-order valence-corrected chi connectivity index (χ1v) is 8.29. The van der Waals surface area contributed by atoms with E-state index in [-0.39, 0.29) is 16.8 Å². The zero-order valence-corrected chi connectivity index (χ0v) is 15.4. The molecule has 0 amide bonds. The molecule has 0 saturated heterocycles. The fourth-order valence-electron chi connectivity index (χ4n) is 2.42. The molecule has 2 N–H and O–H groups in total. The van der Waals surface area contributed by atoms with Gasteiger partial charge in [-0.1, -0.05) is 35.3 Å². The minimum absolute atomic E-state index is 0.0139. The van der Waals surface area contributed by atoms with E-state index in [9.17, 15) is 5.11 Å². The van der Waals surface area contributed by atoms with Crippen LogP contribution in [0.15, 0.2) is 41.4 Å². The van der Waals surface area contributed by atoms with Crippen molar-refractivity contribution in [2.75, 3.05) is 27.7 Å². The highest BCUT2D eigenvalue weighted by Crippen LogP contribution is 2.30. The number of likely N-dealkylation sites (N-methyl/N-ethyl adjacent to an activating group) is 1. The number of ether oxygens (including phenoxy) is 1. The molecule has 0 bridgehead atoms. The first-order valence-electron chi connectivity index (χ1n) is 7.54. The van der Waals surface area contributed by atoms with Crippen molar-refractivity contribution in [1.82, 2.24) is 0 Å². The van der Waals surface area contributed by atoms with Crippen molar-refractivity contribution in [3.05, 3.63) is 57.6 Å². The van der Waals surface area contributed by atoms with Gasteiger partial charge >= 0.3 is 0 Å². The lowest BCUT2D eigenvalue weighted by Gasteiger charge is -2.20. The Balaban J connectivity index is 2.20. The molecule has 2 aromatic carbocycles. The summed E-state index contributed by atoms with van der Waals surface area (Å²) in [5, 5.41) is 10.7. The van der Waals surface area contributed by atoms with E-state index in [0.29, 0.717) is 17.1 Å². The summed E-state index contributed by atoms with van der Waals surface area (Å²) in [6, 6.07) is 11.3. The van der Waals surface area contributed by atoms with Crippen molar-refractivity contribution in [3.63, 3.8) is 0 Å². The Labute approximate surface area is 152 Å². The number of nitrogens with zero attached hydrogens (tertiary/aromatic N) is 1. The number of aromatic hydroxyl groups is 1. The highest BCUT2D eigenvalue weighted by molar-refractivity contribution is 6.36. The number of hydrogen-bond donors (Lipinski definition) is 2. The quantitative estimate of drug-likeness (QED) is 0.770. The topological polar surface area (TPSA) is 46.3 Å². The number of nitrogens with one attached hydrogen (secondary N) is 1. The van der Waals surface area contributed by atoms with E-state index in [2.05, 4.69) is 25.2 Å². The Morgan fingerprint density at radius 2 is 2.00 bits per heavy atom. The van der Waals surface area contributed by atoms with Crippen LogP contribution in [0.1, 0.15) is 17.2 Å². The second kappa shape index (κ2) is 8.38. The van der Waals surface area contributed by atoms with Crippen LogP contribution >= 0.6 is 23.2 Å². The molecule has 4 nitrogen and oxygen atoms in total. The first-order chi connectivity index (χ1) is 11.4. The number of rotatable bonds is 6. The minimum atomic E-state index is -0.0139. The van der Waals surface area contributed by atoms with E-state index in [1.165, 1.54) is 11.0 Å². The van der Waals surface area contributed by atoms with E-state index >= 15 is 0 Å². The number of aliphatic imine (C=N–C) groups is 1. The van der Waals surface area contributed by atoms with Crippen molar-refractivity contribution in [2.45, 2.75) is 6.04 Å². The molecule has 0 spiro atoms. The molecule has 24 heavy (non-hydrogen) atoms. The van der Waals surface area contributed by atoms with Crippen molar-refractivity contribution in [2.24, 2.45) is 4.99 Å². The number of benzene rings is 2. The largest absolute Gasteiger partial charge is 0.506 e. The molecule has 2 rings (SSSR count). The van der Waals surface area contributed by atoms with Gasteiger partial charge in [0.1, 0.15) is 17.5 Å². The molecule has 0 aliphatic carbocycles. The van der Waals surface area contributed by atoms with Crippen molar-refractivity contribution in [1.29, 1.82) is 0 Å². The van der Waals surface area contributed by atoms with Gasteiger partial charge in [0.05, 0.1) is 32.8 Å². The molecule has 0 aliphatic heterocycles. The standard InChI is InChI=1S/C18H20Cl2N2O2/c1-22(2)17(12-5-4-6-15(8-12)24-3)11-21-10-13-7-14(19)9-16(20)18(13)23/h4-10,17,23H,11H2,1-3H3/p+1/t17-/m1/s1. The monoisotopic (exact) mass is 367 g/mol. The summed E-state index contributed by atoms with van der Waals surface area (Å²) >= 11 is 11.9. The third-order valence-electron chi connectivity index (χ3n) is 3.77. The van der Waals surface area contributed by atoms with Crippen LogP contribution in [0.5, 0.6) is 11.5 Å². The van der Waals surface area contributed by atoms with Gasteiger partial charge in [-0.25, -0.2) is 0 Å². The summed E-state index contributed by atoms with van der Waals surface area (Å²) in [6.45, 7) is 0.555. The predicted molar refractivity (Wildman–Crippen MR) is 99.1 cm³/mol. The second-order valence-corrected chi connectivity index (χ2v) is 6.57. The van der Waals surface area contributed by atoms with E-state index in [1.54, 1.807) is 19.4 Å². The third-order valence-corrected chi connectivity index (χ3v) is 4.28. The van der Waals surface area contributed by atoms with Gasteiger partial charge in [-0.15, -0.1) is 0 Å². The Hall–Kier alpha value is -1.75. The van der Waals surface area contributed by atoms with Gasteiger partial charge in [-0.3, -0.25) is 4.99 Å². The van der Waals surface area contributed by atoms with Crippen LogP contribution in [-0.4, -0.2) is 39.1 Å². The maximum absolute atomic E-state index is 9.98. The molecule has 0 fully saturated rings. The molecule has 0 aromatic heterocycles. The van der Waals surface area contributed by atoms with Crippen LogP contribution in [-0.2, 0) is 0 Å². The normalized spacial score (nSPS) is 12.8. The van der Waals surface area contributed by atoms with Gasteiger partial charge in [-0.2, -0.15) is 0 Å². The maximum Gasteiger partial charge on any atom is 0.143 e. The summed E-state index contributed by atoms with van der Waals surface area (Å²) in [5.74, 6) is 0.807. The van der Waals surface area contributed by atoms with Crippen LogP contribution in [0.25, 0.3) is 0 Å². The third kappa shape index (κ3) is 4.63. The Morgan fingerprint density at radius 3 is 2.67 bits per heavy atom. The van der Waals surface area contributed by atoms with Crippen LogP contribution in [0.2, 0.25) is 10.0 Å². The lowest BCUT2D eigenvalue weighted by atomic mass is 10.1. The van der Waals surface area contributed by atoms with E-state index in [0.717, 1.165) is 11.3 Å². The molecular formula is C18H21Cl2N2O2+. The lowest BCUT2D eigenvalue weighted by molar-refractivity contribution is -0.890. The molecule has 0 unspecified atom stereocenters. The van der Waals surface area contributed by atoms with Crippen molar-refractivity contribution < 1.29 is 14.7 Å². The zero-order valence-electron chi connectivity index (χ0n) is 13.9. The fourth-order valence-corrected chi connectivity index (χ4v) is 2.93. The Kier molecular flexibility index (Phi) is 6.49. The first kappa shape index (κ1) is 18.6. The predicted octanol–water partition coefficient (Wildman–Crippen LogP) is 3.01. The number of phenolic OH excluding ortho intramolecular Hbond substituents is 1. The number of quaternary nitrogens is 1. The van der Waals surface area contributed by atoms with Crippen molar-refractivity contribution in [3.8, 4) is 11.5 Å². The SMILES string of the molecule is COc1cccc([C@@H](CN=Cc2cc(Cl)cc(Cl)c2O)[NH+](C)C)c1. The number of methoxy groups -OCH3 is 1. The summed E-state index contributed by atoms with van der Waals surface area (Å²) in [5.41, 5.74) is 1.64. The van der Waals surface area contributed by atoms with Crippen LogP contribution < -0.4 is 9.64 Å². The molecule has 128 valence electrons. The average Bonchev–Trinajstić information content (AvgIpc) is 2.55. The van der Waals surface area contributed by atoms with Crippen LogP contribution in [0, 0.1) is 0 Å². The van der Waals surface area contributed by atoms with Gasteiger partial charge in [0.2, 0.25) is 0 Å². The number of hydrogen-bond acceptors (Lipinski definition) is 3. The van der Waals surface area contributed by atoms with Crippen LogP contribution in [0.3, 0.4) is 0 Å². The Bertz CT molecular complexity index is 733. The summed E-state index contributed by atoms with van der Waals surface area (Å²) in [7, 11) is 5.81. The summed E-state index contributed by atoms with van der Waals surface area (Å²) in [6.07, 6.45) is 1.60. The van der Waals surface area contributed by atoms with Gasteiger partial charge in [-0.05, 0) is 24.3 Å². The summed E-state index contributed by atoms with van der Waals surface area (Å²) < 4.78 is 5.29. The fraction of sp³-hybridized carbons (Fsp3) is 0.278. The molecule has 2 aromatic rings. The zero-order chi connectivity index (χ0) is 17.7. The highest BCUT2D eigenvalue weighted by atomic mass is 35.5. The van der Waals surface area contributed by atoms with Gasteiger partial charge in [0.25, 0.3) is 0 Å². The van der Waals surface area contributed by atoms with Gasteiger partial charge in [0.15, 0.2) is 0 Å². The van der Waals surface area contributed by atoms with E-state index in [4.69, 9.17) is 27.9 Å². The maximum atomic E-state index is 9.98. The van der Waals surface area contributed by atoms with E-state index < -0.39 is 0 Å². The molecule has 0 heterocycles. The molecule has 0 radical (unpaired) electrons. The molecular weight excluding hydrogens is 347 g/mol.